The lowest BCUT2D eigenvalue weighted by Crippen LogP contribution is -2.14. The van der Waals surface area contributed by atoms with E-state index in [9.17, 15) is 18.0 Å². The number of rotatable bonds is 3. The first-order valence-electron chi connectivity index (χ1n) is 6.83. The SMILES string of the molecule is O=C(Nc1ccncc1)C1CC1c1ccc(C(F)(F)F)cc1. The summed E-state index contributed by atoms with van der Waals surface area (Å²) in [6.45, 7) is 0. The zero-order valence-electron chi connectivity index (χ0n) is 11.5. The monoisotopic (exact) mass is 306 g/mol. The van der Waals surface area contributed by atoms with E-state index in [0.29, 0.717) is 12.1 Å². The third-order valence-electron chi connectivity index (χ3n) is 3.74. The molecule has 6 heteroatoms. The van der Waals surface area contributed by atoms with Crippen LogP contribution >= 0.6 is 0 Å². The van der Waals surface area contributed by atoms with Crippen LogP contribution in [-0.2, 0) is 11.0 Å². The molecule has 2 unspecified atom stereocenters. The van der Waals surface area contributed by atoms with Crippen molar-refractivity contribution in [1.29, 1.82) is 0 Å². The molecule has 1 aliphatic carbocycles. The second-order valence-corrected chi connectivity index (χ2v) is 5.29. The summed E-state index contributed by atoms with van der Waals surface area (Å²) in [5.74, 6) is -0.315. The summed E-state index contributed by atoms with van der Waals surface area (Å²) in [7, 11) is 0. The highest BCUT2D eigenvalue weighted by Crippen LogP contribution is 2.48. The van der Waals surface area contributed by atoms with E-state index in [-0.39, 0.29) is 17.7 Å². The molecule has 22 heavy (non-hydrogen) atoms. The first-order valence-corrected chi connectivity index (χ1v) is 6.83. The molecule has 1 amide bonds. The Hall–Kier alpha value is -2.37. The van der Waals surface area contributed by atoms with Crippen molar-refractivity contribution in [3.05, 3.63) is 59.9 Å². The third-order valence-corrected chi connectivity index (χ3v) is 3.74. The van der Waals surface area contributed by atoms with Crippen molar-refractivity contribution in [2.75, 3.05) is 5.32 Å². The third kappa shape index (κ3) is 3.10. The first-order chi connectivity index (χ1) is 10.4. The van der Waals surface area contributed by atoms with Crippen LogP contribution in [0.5, 0.6) is 0 Å². The summed E-state index contributed by atoms with van der Waals surface area (Å²) in [6, 6.07) is 8.40. The highest BCUT2D eigenvalue weighted by Gasteiger charge is 2.44. The Bertz CT molecular complexity index is 668. The molecule has 1 saturated carbocycles. The van der Waals surface area contributed by atoms with Gasteiger partial charge < -0.3 is 5.32 Å². The average molecular weight is 306 g/mol. The number of nitrogens with one attached hydrogen (secondary N) is 1. The van der Waals surface area contributed by atoms with Crippen molar-refractivity contribution >= 4 is 11.6 Å². The maximum atomic E-state index is 12.5. The highest BCUT2D eigenvalue weighted by atomic mass is 19.4. The molecule has 3 nitrogen and oxygen atoms in total. The Labute approximate surface area is 125 Å². The summed E-state index contributed by atoms with van der Waals surface area (Å²) in [5, 5.41) is 2.78. The molecule has 1 N–H and O–H groups in total. The second kappa shape index (κ2) is 5.44. The number of anilines is 1. The quantitative estimate of drug-likeness (QED) is 0.936. The minimum absolute atomic E-state index is 0.0101. The number of carbonyl (C=O) groups excluding carboxylic acids is 1. The normalized spacial score (nSPS) is 20.5. The van der Waals surface area contributed by atoms with Crippen LogP contribution in [0.15, 0.2) is 48.8 Å². The minimum Gasteiger partial charge on any atom is -0.326 e. The van der Waals surface area contributed by atoms with Gasteiger partial charge in [-0.2, -0.15) is 13.2 Å². The molecule has 0 saturated heterocycles. The van der Waals surface area contributed by atoms with Crippen molar-refractivity contribution in [3.63, 3.8) is 0 Å². The molecule has 1 aromatic carbocycles. The smallest absolute Gasteiger partial charge is 0.326 e. The maximum Gasteiger partial charge on any atom is 0.416 e. The van der Waals surface area contributed by atoms with Crippen LogP contribution in [0.3, 0.4) is 0 Å². The van der Waals surface area contributed by atoms with E-state index in [2.05, 4.69) is 10.3 Å². The van der Waals surface area contributed by atoms with Crippen molar-refractivity contribution in [1.82, 2.24) is 4.98 Å². The van der Waals surface area contributed by atoms with Crippen molar-refractivity contribution in [2.24, 2.45) is 5.92 Å². The van der Waals surface area contributed by atoms with Crippen molar-refractivity contribution < 1.29 is 18.0 Å². The molecule has 2 aromatic rings. The first kappa shape index (κ1) is 14.6. The fourth-order valence-electron chi connectivity index (χ4n) is 2.44. The molecular formula is C16H13F3N2O. The van der Waals surface area contributed by atoms with Gasteiger partial charge in [-0.3, -0.25) is 9.78 Å². The number of alkyl halides is 3. The topological polar surface area (TPSA) is 42.0 Å². The zero-order valence-corrected chi connectivity index (χ0v) is 11.5. The van der Waals surface area contributed by atoms with Crippen molar-refractivity contribution in [3.8, 4) is 0 Å². The lowest BCUT2D eigenvalue weighted by atomic mass is 10.1. The van der Waals surface area contributed by atoms with Gasteiger partial charge in [0.2, 0.25) is 5.91 Å². The lowest BCUT2D eigenvalue weighted by molar-refractivity contribution is -0.137. The molecule has 0 spiro atoms. The molecule has 1 aliphatic rings. The molecule has 1 heterocycles. The van der Waals surface area contributed by atoms with Gasteiger partial charge in [0.1, 0.15) is 0 Å². The van der Waals surface area contributed by atoms with Gasteiger partial charge in [0.15, 0.2) is 0 Å². The number of hydrogen-bond donors (Lipinski definition) is 1. The number of halogens is 3. The van der Waals surface area contributed by atoms with Crippen LogP contribution in [0, 0.1) is 5.92 Å². The van der Waals surface area contributed by atoms with Crippen LogP contribution in [0.4, 0.5) is 18.9 Å². The van der Waals surface area contributed by atoms with Gasteiger partial charge in [-0.05, 0) is 42.2 Å². The fraction of sp³-hybridized carbons (Fsp3) is 0.250. The molecule has 3 rings (SSSR count). The Morgan fingerprint density at radius 3 is 2.32 bits per heavy atom. The Kier molecular flexibility index (Phi) is 3.60. The van der Waals surface area contributed by atoms with E-state index in [4.69, 9.17) is 0 Å². The molecule has 2 atom stereocenters. The Morgan fingerprint density at radius 2 is 1.73 bits per heavy atom. The summed E-state index contributed by atoms with van der Waals surface area (Å²) in [4.78, 5) is 15.9. The van der Waals surface area contributed by atoms with E-state index in [0.717, 1.165) is 17.7 Å². The number of benzene rings is 1. The van der Waals surface area contributed by atoms with Crippen LogP contribution in [0.2, 0.25) is 0 Å². The maximum absolute atomic E-state index is 12.5. The molecule has 0 bridgehead atoms. The molecule has 0 aliphatic heterocycles. The number of pyridine rings is 1. The predicted molar refractivity (Wildman–Crippen MR) is 75.2 cm³/mol. The largest absolute Gasteiger partial charge is 0.416 e. The van der Waals surface area contributed by atoms with Gasteiger partial charge in [0, 0.05) is 24.0 Å². The summed E-state index contributed by atoms with van der Waals surface area (Å²) >= 11 is 0. The van der Waals surface area contributed by atoms with Gasteiger partial charge in [0.25, 0.3) is 0 Å². The molecule has 114 valence electrons. The van der Waals surface area contributed by atoms with Gasteiger partial charge in [-0.1, -0.05) is 12.1 Å². The summed E-state index contributed by atoms with van der Waals surface area (Å²) in [5.41, 5.74) is 0.760. The van der Waals surface area contributed by atoms with E-state index in [1.807, 2.05) is 0 Å². The van der Waals surface area contributed by atoms with Crippen LogP contribution in [0.25, 0.3) is 0 Å². The highest BCUT2D eigenvalue weighted by molar-refractivity contribution is 5.95. The van der Waals surface area contributed by atoms with Gasteiger partial charge in [0.05, 0.1) is 5.56 Å². The standard InChI is InChI=1S/C16H13F3N2O/c17-16(18,19)11-3-1-10(2-4-11)13-9-14(13)15(22)21-12-5-7-20-8-6-12/h1-8,13-14H,9H2,(H,20,21,22). The number of nitrogens with zero attached hydrogens (tertiary/aromatic N) is 1. The van der Waals surface area contributed by atoms with E-state index in [1.54, 1.807) is 24.5 Å². The molecule has 0 radical (unpaired) electrons. The van der Waals surface area contributed by atoms with Crippen LogP contribution in [-0.4, -0.2) is 10.9 Å². The van der Waals surface area contributed by atoms with E-state index in [1.165, 1.54) is 12.1 Å². The van der Waals surface area contributed by atoms with E-state index >= 15 is 0 Å². The van der Waals surface area contributed by atoms with Gasteiger partial charge in [-0.25, -0.2) is 0 Å². The second-order valence-electron chi connectivity index (χ2n) is 5.29. The number of aromatic nitrogens is 1. The summed E-state index contributed by atoms with van der Waals surface area (Å²) < 4.78 is 37.5. The van der Waals surface area contributed by atoms with E-state index < -0.39 is 11.7 Å². The van der Waals surface area contributed by atoms with Crippen molar-refractivity contribution in [2.45, 2.75) is 18.5 Å². The Balaban J connectivity index is 1.63. The number of hydrogen-bond acceptors (Lipinski definition) is 2. The van der Waals surface area contributed by atoms with Crippen LogP contribution < -0.4 is 5.32 Å². The number of amides is 1. The summed E-state index contributed by atoms with van der Waals surface area (Å²) in [6.07, 6.45) is -0.520. The fourth-order valence-corrected chi connectivity index (χ4v) is 2.44. The van der Waals surface area contributed by atoms with Gasteiger partial charge >= 0.3 is 6.18 Å². The average Bonchev–Trinajstić information content (AvgIpc) is 3.28. The molecule has 1 fully saturated rings. The predicted octanol–water partition coefficient (Wildman–Crippen LogP) is 3.84. The van der Waals surface area contributed by atoms with Crippen LogP contribution in [0.1, 0.15) is 23.5 Å². The number of carbonyl (C=O) groups is 1. The minimum atomic E-state index is -4.33. The molecular weight excluding hydrogens is 293 g/mol. The Morgan fingerprint density at radius 1 is 1.09 bits per heavy atom. The van der Waals surface area contributed by atoms with Gasteiger partial charge in [-0.15, -0.1) is 0 Å². The lowest BCUT2D eigenvalue weighted by Gasteiger charge is -2.08. The molecule has 1 aromatic heterocycles. The zero-order chi connectivity index (χ0) is 15.7.